The molecule has 1 unspecified atom stereocenters. The first kappa shape index (κ1) is 12.4. The van der Waals surface area contributed by atoms with Crippen LogP contribution >= 0.6 is 0 Å². The van der Waals surface area contributed by atoms with Gasteiger partial charge >= 0.3 is 5.97 Å². The minimum atomic E-state index is -0.947. The van der Waals surface area contributed by atoms with Crippen molar-refractivity contribution in [3.8, 4) is 0 Å². The average molecular weight is 250 g/mol. The quantitative estimate of drug-likeness (QED) is 0.828. The number of esters is 1. The number of carbonyl (C=O) groups excluding carboxylic acids is 1. The van der Waals surface area contributed by atoms with E-state index in [1.807, 2.05) is 6.92 Å². The fourth-order valence-electron chi connectivity index (χ4n) is 1.65. The Morgan fingerprint density at radius 1 is 1.56 bits per heavy atom. The number of nitrogens with zero attached hydrogens (tertiary/aromatic N) is 2. The summed E-state index contributed by atoms with van der Waals surface area (Å²) in [6.45, 7) is 1.84. The van der Waals surface area contributed by atoms with E-state index in [4.69, 9.17) is 4.42 Å². The zero-order valence-electron chi connectivity index (χ0n) is 10.4. The van der Waals surface area contributed by atoms with Crippen LogP contribution in [0.25, 0.3) is 0 Å². The van der Waals surface area contributed by atoms with Crippen LogP contribution in [-0.4, -0.2) is 28.0 Å². The monoisotopic (exact) mass is 250 g/mol. The lowest BCUT2D eigenvalue weighted by atomic mass is 10.1. The third kappa shape index (κ3) is 2.02. The zero-order valence-corrected chi connectivity index (χ0v) is 10.4. The molecule has 2 heterocycles. The molecule has 0 fully saturated rings. The van der Waals surface area contributed by atoms with Gasteiger partial charge in [0.25, 0.3) is 0 Å². The summed E-state index contributed by atoms with van der Waals surface area (Å²) in [5, 5.41) is 14.2. The lowest BCUT2D eigenvalue weighted by Crippen LogP contribution is -2.02. The largest absolute Gasteiger partial charge is 0.463 e. The van der Waals surface area contributed by atoms with Gasteiger partial charge < -0.3 is 14.3 Å². The molecule has 0 radical (unpaired) electrons. The Bertz CT molecular complexity index is 570. The van der Waals surface area contributed by atoms with E-state index in [2.05, 4.69) is 9.84 Å². The van der Waals surface area contributed by atoms with Crippen LogP contribution in [-0.2, 0) is 11.8 Å². The lowest BCUT2D eigenvalue weighted by Gasteiger charge is -2.07. The summed E-state index contributed by atoms with van der Waals surface area (Å²) in [6.07, 6.45) is 0.623. The first-order chi connectivity index (χ1) is 8.54. The van der Waals surface area contributed by atoms with E-state index in [0.717, 1.165) is 5.69 Å². The van der Waals surface area contributed by atoms with Crippen molar-refractivity contribution in [2.75, 3.05) is 7.11 Å². The highest BCUT2D eigenvalue weighted by Crippen LogP contribution is 2.26. The van der Waals surface area contributed by atoms with Crippen molar-refractivity contribution in [3.63, 3.8) is 0 Å². The molecule has 0 aliphatic rings. The second-order valence-electron chi connectivity index (χ2n) is 3.91. The maximum absolute atomic E-state index is 11.2. The Morgan fingerprint density at radius 3 is 2.83 bits per heavy atom. The molecule has 96 valence electrons. The Morgan fingerprint density at radius 2 is 2.28 bits per heavy atom. The van der Waals surface area contributed by atoms with E-state index >= 15 is 0 Å². The molecular weight excluding hydrogens is 236 g/mol. The summed E-state index contributed by atoms with van der Waals surface area (Å²) < 4.78 is 11.4. The molecular formula is C12H14N2O4. The minimum absolute atomic E-state index is 0.0630. The summed E-state index contributed by atoms with van der Waals surface area (Å²) in [7, 11) is 3.06. The molecule has 1 atom stereocenters. The summed E-state index contributed by atoms with van der Waals surface area (Å²) >= 11 is 0. The van der Waals surface area contributed by atoms with Gasteiger partial charge in [-0.2, -0.15) is 5.10 Å². The second-order valence-corrected chi connectivity index (χ2v) is 3.91. The van der Waals surface area contributed by atoms with Crippen molar-refractivity contribution in [2.24, 2.45) is 7.05 Å². The van der Waals surface area contributed by atoms with E-state index in [0.29, 0.717) is 5.56 Å². The summed E-state index contributed by atoms with van der Waals surface area (Å²) in [5.41, 5.74) is 1.47. The highest BCUT2D eigenvalue weighted by molar-refractivity contribution is 5.86. The molecule has 0 aliphatic carbocycles. The number of ether oxygens (including phenoxy) is 1. The predicted molar refractivity (Wildman–Crippen MR) is 62.1 cm³/mol. The number of aliphatic hydroxyl groups is 1. The standard InChI is InChI=1S/C12H14N2O4/c1-7-8(6-13-14(7)2)11(15)9-4-5-10(18-9)12(16)17-3/h4-6,11,15H,1-3H3. The Kier molecular flexibility index (Phi) is 3.20. The molecule has 2 aromatic heterocycles. The second kappa shape index (κ2) is 4.66. The Hall–Kier alpha value is -2.08. The van der Waals surface area contributed by atoms with Crippen LogP contribution in [0.5, 0.6) is 0 Å². The number of methoxy groups -OCH3 is 1. The van der Waals surface area contributed by atoms with Crippen LogP contribution < -0.4 is 0 Å². The first-order valence-electron chi connectivity index (χ1n) is 5.39. The number of hydrogen-bond donors (Lipinski definition) is 1. The minimum Gasteiger partial charge on any atom is -0.463 e. The predicted octanol–water partition coefficient (Wildman–Crippen LogP) is 1.19. The summed E-state index contributed by atoms with van der Waals surface area (Å²) in [5.74, 6) is -0.226. The number of aryl methyl sites for hydroxylation is 1. The van der Waals surface area contributed by atoms with Gasteiger partial charge in [-0.1, -0.05) is 0 Å². The van der Waals surface area contributed by atoms with Crippen LogP contribution in [0.1, 0.15) is 33.7 Å². The molecule has 0 saturated carbocycles. The van der Waals surface area contributed by atoms with Crippen molar-refractivity contribution in [3.05, 3.63) is 41.1 Å². The van der Waals surface area contributed by atoms with Gasteiger partial charge in [-0.25, -0.2) is 4.79 Å². The molecule has 0 amide bonds. The van der Waals surface area contributed by atoms with Crippen molar-refractivity contribution < 1.29 is 19.1 Å². The summed E-state index contributed by atoms with van der Waals surface area (Å²) in [4.78, 5) is 11.2. The fraction of sp³-hybridized carbons (Fsp3) is 0.333. The van der Waals surface area contributed by atoms with Gasteiger partial charge in [0.2, 0.25) is 5.76 Å². The SMILES string of the molecule is COC(=O)c1ccc(C(O)c2cnn(C)c2C)o1. The van der Waals surface area contributed by atoms with Crippen molar-refractivity contribution in [2.45, 2.75) is 13.0 Å². The van der Waals surface area contributed by atoms with Crippen molar-refractivity contribution >= 4 is 5.97 Å². The molecule has 1 N–H and O–H groups in total. The molecule has 0 spiro atoms. The van der Waals surface area contributed by atoms with Gasteiger partial charge in [-0.15, -0.1) is 0 Å². The van der Waals surface area contributed by atoms with E-state index in [1.165, 1.54) is 13.2 Å². The van der Waals surface area contributed by atoms with Crippen LogP contribution in [0.2, 0.25) is 0 Å². The normalized spacial score (nSPS) is 12.4. The van der Waals surface area contributed by atoms with Gasteiger partial charge in [0.15, 0.2) is 0 Å². The molecule has 6 nitrogen and oxygen atoms in total. The van der Waals surface area contributed by atoms with Crippen LogP contribution in [0.15, 0.2) is 22.7 Å². The fourth-order valence-corrected chi connectivity index (χ4v) is 1.65. The first-order valence-corrected chi connectivity index (χ1v) is 5.39. The van der Waals surface area contributed by atoms with E-state index < -0.39 is 12.1 Å². The molecule has 0 bridgehead atoms. The Labute approximate surface area is 104 Å². The molecule has 2 aromatic rings. The maximum atomic E-state index is 11.2. The number of carbonyl (C=O) groups is 1. The molecule has 0 saturated heterocycles. The van der Waals surface area contributed by atoms with Crippen LogP contribution in [0.3, 0.4) is 0 Å². The van der Waals surface area contributed by atoms with Gasteiger partial charge in [0, 0.05) is 18.3 Å². The molecule has 0 aromatic carbocycles. The number of aliphatic hydroxyl groups excluding tert-OH is 1. The molecule has 2 rings (SSSR count). The van der Waals surface area contributed by atoms with Gasteiger partial charge in [-0.05, 0) is 19.1 Å². The third-order valence-corrected chi connectivity index (χ3v) is 2.85. The van der Waals surface area contributed by atoms with E-state index in [1.54, 1.807) is 24.0 Å². The zero-order chi connectivity index (χ0) is 13.3. The third-order valence-electron chi connectivity index (χ3n) is 2.85. The average Bonchev–Trinajstić information content (AvgIpc) is 2.97. The molecule has 6 heteroatoms. The van der Waals surface area contributed by atoms with E-state index in [-0.39, 0.29) is 11.5 Å². The number of aromatic nitrogens is 2. The highest BCUT2D eigenvalue weighted by Gasteiger charge is 2.21. The number of hydrogen-bond acceptors (Lipinski definition) is 5. The highest BCUT2D eigenvalue weighted by atomic mass is 16.5. The van der Waals surface area contributed by atoms with Gasteiger partial charge in [-0.3, -0.25) is 4.68 Å². The van der Waals surface area contributed by atoms with Gasteiger partial charge in [0.1, 0.15) is 11.9 Å². The van der Waals surface area contributed by atoms with Crippen molar-refractivity contribution in [1.82, 2.24) is 9.78 Å². The molecule has 0 aliphatic heterocycles. The lowest BCUT2D eigenvalue weighted by molar-refractivity contribution is 0.0558. The van der Waals surface area contributed by atoms with Crippen LogP contribution in [0.4, 0.5) is 0 Å². The Balaban J connectivity index is 2.29. The maximum Gasteiger partial charge on any atom is 0.373 e. The number of rotatable bonds is 3. The van der Waals surface area contributed by atoms with Crippen LogP contribution in [0, 0.1) is 6.92 Å². The van der Waals surface area contributed by atoms with E-state index in [9.17, 15) is 9.90 Å². The smallest absolute Gasteiger partial charge is 0.373 e. The van der Waals surface area contributed by atoms with Gasteiger partial charge in [0.05, 0.1) is 13.3 Å². The van der Waals surface area contributed by atoms with Crippen molar-refractivity contribution in [1.29, 1.82) is 0 Å². The number of furan rings is 1. The summed E-state index contributed by atoms with van der Waals surface area (Å²) in [6, 6.07) is 3.01. The molecule has 18 heavy (non-hydrogen) atoms. The topological polar surface area (TPSA) is 77.5 Å².